The molecule has 0 aliphatic carbocycles. The van der Waals surface area contributed by atoms with E-state index in [0.29, 0.717) is 0 Å². The Morgan fingerprint density at radius 3 is 2.14 bits per heavy atom. The van der Waals surface area contributed by atoms with E-state index in [2.05, 4.69) is 46.1 Å². The largest absolute Gasteiger partial charge is 0.357 e. The van der Waals surface area contributed by atoms with Crippen LogP contribution in [0.15, 0.2) is 4.99 Å². The van der Waals surface area contributed by atoms with Gasteiger partial charge >= 0.3 is 0 Å². The van der Waals surface area contributed by atoms with Crippen LogP contribution < -0.4 is 10.6 Å². The number of aliphatic imine (C=N–C) groups is 1. The highest BCUT2D eigenvalue weighted by atomic mass is 15.3. The van der Waals surface area contributed by atoms with Gasteiger partial charge in [0.05, 0.1) is 0 Å². The fourth-order valence-electron chi connectivity index (χ4n) is 4.11. The van der Waals surface area contributed by atoms with Gasteiger partial charge in [-0.15, -0.1) is 0 Å². The predicted octanol–water partition coefficient (Wildman–Crippen LogP) is 2.08. The Bertz CT molecular complexity index is 411. The zero-order chi connectivity index (χ0) is 20.0. The first-order valence-electron chi connectivity index (χ1n) is 11.9. The van der Waals surface area contributed by atoms with Crippen molar-refractivity contribution < 1.29 is 0 Å². The molecule has 0 aromatic carbocycles. The second-order valence-corrected chi connectivity index (χ2v) is 8.55. The van der Waals surface area contributed by atoms with Crippen LogP contribution >= 0.6 is 0 Å². The number of piperazine rings is 1. The van der Waals surface area contributed by atoms with Crippen LogP contribution in [0.5, 0.6) is 0 Å². The summed E-state index contributed by atoms with van der Waals surface area (Å²) in [6.07, 6.45) is 6.37. The summed E-state index contributed by atoms with van der Waals surface area (Å²) in [6, 6.07) is 0. The maximum atomic E-state index is 4.77. The maximum Gasteiger partial charge on any atom is 0.191 e. The van der Waals surface area contributed by atoms with Crippen molar-refractivity contribution in [1.82, 2.24) is 25.3 Å². The lowest BCUT2D eigenvalue weighted by molar-refractivity contribution is 0.136. The molecule has 28 heavy (non-hydrogen) atoms. The number of likely N-dealkylation sites (tertiary alicyclic amines) is 1. The number of nitrogens with zero attached hydrogens (tertiary/aromatic N) is 4. The number of unbranched alkanes of at least 4 members (excludes halogenated alkanes) is 1. The summed E-state index contributed by atoms with van der Waals surface area (Å²) in [4.78, 5) is 12.5. The number of likely N-dealkylation sites (N-methyl/N-ethyl adjacent to an activating group) is 1. The summed E-state index contributed by atoms with van der Waals surface area (Å²) in [5, 5.41) is 6.91. The van der Waals surface area contributed by atoms with Gasteiger partial charge in [-0.1, -0.05) is 13.8 Å². The van der Waals surface area contributed by atoms with Gasteiger partial charge in [0.25, 0.3) is 0 Å². The van der Waals surface area contributed by atoms with Crippen LogP contribution in [0.25, 0.3) is 0 Å². The van der Waals surface area contributed by atoms with Crippen molar-refractivity contribution in [3.63, 3.8) is 0 Å². The van der Waals surface area contributed by atoms with E-state index < -0.39 is 0 Å². The van der Waals surface area contributed by atoms with E-state index in [1.54, 1.807) is 0 Å². The lowest BCUT2D eigenvalue weighted by Crippen LogP contribution is -2.46. The van der Waals surface area contributed by atoms with E-state index in [9.17, 15) is 0 Å². The molecule has 0 spiro atoms. The van der Waals surface area contributed by atoms with Crippen molar-refractivity contribution >= 4 is 5.96 Å². The van der Waals surface area contributed by atoms with Crippen LogP contribution in [-0.2, 0) is 0 Å². The van der Waals surface area contributed by atoms with Gasteiger partial charge < -0.3 is 25.3 Å². The fraction of sp³-hybridized carbons (Fsp3) is 0.955. The van der Waals surface area contributed by atoms with Gasteiger partial charge in [0.2, 0.25) is 0 Å². The van der Waals surface area contributed by atoms with Gasteiger partial charge in [-0.2, -0.15) is 0 Å². The minimum Gasteiger partial charge on any atom is -0.357 e. The van der Waals surface area contributed by atoms with E-state index in [4.69, 9.17) is 4.99 Å². The Kier molecular flexibility index (Phi) is 11.9. The van der Waals surface area contributed by atoms with E-state index >= 15 is 0 Å². The Hall–Kier alpha value is -0.850. The van der Waals surface area contributed by atoms with Gasteiger partial charge in [0, 0.05) is 45.8 Å². The van der Waals surface area contributed by atoms with Crippen molar-refractivity contribution in [1.29, 1.82) is 0 Å². The van der Waals surface area contributed by atoms with Gasteiger partial charge in [-0.05, 0) is 77.7 Å². The number of piperidine rings is 1. The summed E-state index contributed by atoms with van der Waals surface area (Å²) in [7, 11) is 0. The molecule has 2 heterocycles. The van der Waals surface area contributed by atoms with E-state index in [0.717, 1.165) is 37.9 Å². The predicted molar refractivity (Wildman–Crippen MR) is 121 cm³/mol. The van der Waals surface area contributed by atoms with Crippen molar-refractivity contribution in [3.05, 3.63) is 0 Å². The van der Waals surface area contributed by atoms with Gasteiger partial charge in [-0.25, -0.2) is 0 Å². The number of hydrogen-bond acceptors (Lipinski definition) is 4. The number of nitrogens with one attached hydrogen (secondary N) is 2. The average molecular weight is 395 g/mol. The van der Waals surface area contributed by atoms with Crippen LogP contribution in [0.4, 0.5) is 0 Å². The fourth-order valence-corrected chi connectivity index (χ4v) is 4.11. The van der Waals surface area contributed by atoms with Crippen LogP contribution in [0.2, 0.25) is 0 Å². The quantitative estimate of drug-likeness (QED) is 0.319. The topological polar surface area (TPSA) is 46.1 Å². The summed E-state index contributed by atoms with van der Waals surface area (Å²) >= 11 is 0. The summed E-state index contributed by atoms with van der Waals surface area (Å²) < 4.78 is 0. The molecular formula is C22H46N6. The molecule has 6 heteroatoms. The van der Waals surface area contributed by atoms with Crippen molar-refractivity contribution in [2.45, 2.75) is 52.9 Å². The van der Waals surface area contributed by atoms with Crippen LogP contribution in [0.3, 0.4) is 0 Å². The number of hydrogen-bond donors (Lipinski definition) is 2. The molecule has 0 saturated carbocycles. The van der Waals surface area contributed by atoms with E-state index in [1.807, 2.05) is 0 Å². The average Bonchev–Trinajstić information content (AvgIpc) is 2.72. The molecule has 0 bridgehead atoms. The number of guanidine groups is 1. The highest BCUT2D eigenvalue weighted by molar-refractivity contribution is 5.79. The Labute approximate surface area is 174 Å². The van der Waals surface area contributed by atoms with Crippen molar-refractivity contribution in [3.8, 4) is 0 Å². The Morgan fingerprint density at radius 1 is 0.821 bits per heavy atom. The molecular weight excluding hydrogens is 348 g/mol. The second kappa shape index (κ2) is 14.2. The third-order valence-electron chi connectivity index (χ3n) is 6.23. The first kappa shape index (κ1) is 23.4. The summed E-state index contributed by atoms with van der Waals surface area (Å²) in [5.41, 5.74) is 0. The molecule has 2 rings (SSSR count). The molecule has 6 nitrogen and oxygen atoms in total. The molecule has 2 aliphatic rings. The molecule has 2 fully saturated rings. The van der Waals surface area contributed by atoms with Gasteiger partial charge in [-0.3, -0.25) is 4.99 Å². The standard InChI is InChI=1S/C22H46N6/c1-4-23-22(25-12-8-14-27-15-9-21(3)10-16-27)24-11-6-7-13-28-19-17-26(5-2)18-20-28/h21H,4-20H2,1-3H3,(H2,23,24,25). The molecule has 0 radical (unpaired) electrons. The van der Waals surface area contributed by atoms with Gasteiger partial charge in [0.1, 0.15) is 0 Å². The van der Waals surface area contributed by atoms with Crippen LogP contribution in [-0.4, -0.2) is 99.2 Å². The maximum absolute atomic E-state index is 4.77. The molecule has 2 saturated heterocycles. The number of rotatable bonds is 11. The minimum atomic E-state index is 0.916. The third-order valence-corrected chi connectivity index (χ3v) is 6.23. The van der Waals surface area contributed by atoms with E-state index in [1.165, 1.54) is 84.6 Å². The van der Waals surface area contributed by atoms with Crippen molar-refractivity contribution in [2.24, 2.45) is 10.9 Å². The molecule has 0 unspecified atom stereocenters. The highest BCUT2D eigenvalue weighted by Crippen LogP contribution is 2.15. The molecule has 0 aromatic heterocycles. The monoisotopic (exact) mass is 394 g/mol. The van der Waals surface area contributed by atoms with Crippen molar-refractivity contribution in [2.75, 3.05) is 78.5 Å². The minimum absolute atomic E-state index is 0.916. The van der Waals surface area contributed by atoms with Gasteiger partial charge in [0.15, 0.2) is 5.96 Å². The summed E-state index contributed by atoms with van der Waals surface area (Å²) in [5.74, 6) is 1.91. The Morgan fingerprint density at radius 2 is 1.46 bits per heavy atom. The zero-order valence-corrected chi connectivity index (χ0v) is 18.9. The smallest absolute Gasteiger partial charge is 0.191 e. The summed E-state index contributed by atoms with van der Waals surface area (Å²) in [6.45, 7) is 20.8. The molecule has 2 N–H and O–H groups in total. The first-order chi connectivity index (χ1) is 13.7. The normalized spacial score (nSPS) is 21.2. The first-order valence-corrected chi connectivity index (χ1v) is 11.9. The van der Waals surface area contributed by atoms with E-state index in [-0.39, 0.29) is 0 Å². The molecule has 0 amide bonds. The molecule has 164 valence electrons. The lowest BCUT2D eigenvalue weighted by Gasteiger charge is -2.34. The zero-order valence-electron chi connectivity index (χ0n) is 18.9. The molecule has 0 atom stereocenters. The molecule has 2 aliphatic heterocycles. The lowest BCUT2D eigenvalue weighted by atomic mass is 9.99. The molecule has 0 aromatic rings. The third kappa shape index (κ3) is 9.57. The second-order valence-electron chi connectivity index (χ2n) is 8.55. The SMILES string of the molecule is CCNC(=NCCCN1CCC(C)CC1)NCCCCN1CCN(CC)CC1. The highest BCUT2D eigenvalue weighted by Gasteiger charge is 2.15. The van der Waals surface area contributed by atoms with Crippen LogP contribution in [0, 0.1) is 5.92 Å². The van der Waals surface area contributed by atoms with Crippen LogP contribution in [0.1, 0.15) is 52.9 Å². The Balaban J connectivity index is 1.52.